The molecule has 21 heavy (non-hydrogen) atoms. The van der Waals surface area contributed by atoms with E-state index in [4.69, 9.17) is 0 Å². The van der Waals surface area contributed by atoms with E-state index in [-0.39, 0.29) is 0 Å². The van der Waals surface area contributed by atoms with Gasteiger partial charge in [0.1, 0.15) is 0 Å². The number of hydrogen-bond acceptors (Lipinski definition) is 2. The van der Waals surface area contributed by atoms with Crippen LogP contribution in [-0.4, -0.2) is 29.7 Å². The molecule has 0 N–H and O–H groups in total. The quantitative estimate of drug-likeness (QED) is 0.568. The van der Waals surface area contributed by atoms with Crippen LogP contribution in [0.2, 0.25) is 0 Å². The zero-order valence-electron chi connectivity index (χ0n) is 14.7. The van der Waals surface area contributed by atoms with Crippen molar-refractivity contribution in [2.24, 2.45) is 10.9 Å². The molecule has 0 spiro atoms. The van der Waals surface area contributed by atoms with Gasteiger partial charge in [-0.1, -0.05) is 52.2 Å². The fourth-order valence-electron chi connectivity index (χ4n) is 2.93. The van der Waals surface area contributed by atoms with E-state index in [1.807, 2.05) is 6.20 Å². The highest BCUT2D eigenvalue weighted by Crippen LogP contribution is 2.19. The molecule has 1 aliphatic rings. The van der Waals surface area contributed by atoms with Gasteiger partial charge in [0.15, 0.2) is 0 Å². The molecule has 1 heterocycles. The Morgan fingerprint density at radius 2 is 1.90 bits per heavy atom. The van der Waals surface area contributed by atoms with Crippen LogP contribution in [0.5, 0.6) is 0 Å². The summed E-state index contributed by atoms with van der Waals surface area (Å²) >= 11 is 0. The van der Waals surface area contributed by atoms with Gasteiger partial charge in [-0.05, 0) is 45.2 Å². The number of aliphatic imine (C=N–C) groups is 1. The summed E-state index contributed by atoms with van der Waals surface area (Å²) in [4.78, 5) is 7.14. The summed E-state index contributed by atoms with van der Waals surface area (Å²) in [7, 11) is 2.27. The van der Waals surface area contributed by atoms with Gasteiger partial charge < -0.3 is 0 Å². The molecule has 0 saturated carbocycles. The van der Waals surface area contributed by atoms with Crippen LogP contribution in [0.25, 0.3) is 0 Å². The Bertz CT molecular complexity index is 366. The van der Waals surface area contributed by atoms with Gasteiger partial charge in [-0.3, -0.25) is 9.89 Å². The van der Waals surface area contributed by atoms with Crippen LogP contribution < -0.4 is 0 Å². The van der Waals surface area contributed by atoms with Crippen molar-refractivity contribution in [2.45, 2.75) is 78.3 Å². The third-order valence-electron chi connectivity index (χ3n) is 4.45. The largest absolute Gasteiger partial charge is 0.295 e. The molecule has 0 fully saturated rings. The average molecular weight is 290 g/mol. The van der Waals surface area contributed by atoms with Gasteiger partial charge in [-0.15, -0.1) is 0 Å². The maximum atomic E-state index is 4.60. The molecule has 1 rings (SSSR count). The molecule has 0 saturated heterocycles. The van der Waals surface area contributed by atoms with Gasteiger partial charge in [0, 0.05) is 18.3 Å². The normalized spacial score (nSPS) is 18.0. The molecule has 0 bridgehead atoms. The van der Waals surface area contributed by atoms with Crippen molar-refractivity contribution in [3.8, 4) is 0 Å². The molecule has 0 amide bonds. The first-order chi connectivity index (χ1) is 10.1. The van der Waals surface area contributed by atoms with Gasteiger partial charge in [0.25, 0.3) is 0 Å². The van der Waals surface area contributed by atoms with Crippen molar-refractivity contribution in [1.82, 2.24) is 4.90 Å². The van der Waals surface area contributed by atoms with E-state index in [1.54, 1.807) is 0 Å². The molecule has 2 nitrogen and oxygen atoms in total. The number of nitrogens with zero attached hydrogens (tertiary/aromatic N) is 2. The maximum Gasteiger partial charge on any atom is 0.0569 e. The van der Waals surface area contributed by atoms with Crippen LogP contribution in [0, 0.1) is 5.92 Å². The highest BCUT2D eigenvalue weighted by molar-refractivity contribution is 5.99. The standard InChI is InChI=1S/C19H34N2/c1-6-11-18(13-10-12-16(2)3)21(5)17(4)19-14-8-7-9-15-20-19/h8-9,14-18H,6-7,10-13H2,1-5H3/t17?,18-/m0/s1. The molecule has 1 aliphatic heterocycles. The first kappa shape index (κ1) is 18.2. The van der Waals surface area contributed by atoms with Crippen LogP contribution in [-0.2, 0) is 0 Å². The predicted molar refractivity (Wildman–Crippen MR) is 94.9 cm³/mol. The molecule has 2 atom stereocenters. The molecule has 1 unspecified atom stereocenters. The molecule has 0 aromatic rings. The molecular formula is C19H34N2. The lowest BCUT2D eigenvalue weighted by Crippen LogP contribution is -2.42. The summed E-state index contributed by atoms with van der Waals surface area (Å²) in [5, 5.41) is 0. The Morgan fingerprint density at radius 1 is 1.14 bits per heavy atom. The van der Waals surface area contributed by atoms with E-state index in [0.717, 1.165) is 12.3 Å². The van der Waals surface area contributed by atoms with Crippen LogP contribution >= 0.6 is 0 Å². The third-order valence-corrected chi connectivity index (χ3v) is 4.45. The number of rotatable bonds is 9. The van der Waals surface area contributed by atoms with Crippen LogP contribution in [0.1, 0.15) is 66.2 Å². The van der Waals surface area contributed by atoms with E-state index in [1.165, 1.54) is 37.8 Å². The lowest BCUT2D eigenvalue weighted by atomic mass is 9.98. The van der Waals surface area contributed by atoms with E-state index in [9.17, 15) is 0 Å². The Kier molecular flexibility index (Phi) is 8.60. The van der Waals surface area contributed by atoms with E-state index in [0.29, 0.717) is 12.1 Å². The predicted octanol–water partition coefficient (Wildman–Crippen LogP) is 5.22. The Balaban J connectivity index is 2.63. The first-order valence-corrected chi connectivity index (χ1v) is 8.67. The lowest BCUT2D eigenvalue weighted by Gasteiger charge is -2.33. The van der Waals surface area contributed by atoms with Gasteiger partial charge in [-0.2, -0.15) is 0 Å². The summed E-state index contributed by atoms with van der Waals surface area (Å²) in [6.07, 6.45) is 16.0. The Hall–Kier alpha value is -0.890. The van der Waals surface area contributed by atoms with Gasteiger partial charge in [-0.25, -0.2) is 0 Å². The fraction of sp³-hybridized carbons (Fsp3) is 0.737. The van der Waals surface area contributed by atoms with Crippen molar-refractivity contribution in [2.75, 3.05) is 7.05 Å². The smallest absolute Gasteiger partial charge is 0.0569 e. The zero-order chi connectivity index (χ0) is 15.7. The summed E-state index contributed by atoms with van der Waals surface area (Å²) in [6, 6.07) is 1.06. The molecule has 2 heteroatoms. The van der Waals surface area contributed by atoms with Crippen molar-refractivity contribution in [3.63, 3.8) is 0 Å². The molecule has 120 valence electrons. The minimum absolute atomic E-state index is 0.389. The summed E-state index contributed by atoms with van der Waals surface area (Å²) in [5.41, 5.74) is 1.19. The lowest BCUT2D eigenvalue weighted by molar-refractivity contribution is 0.195. The van der Waals surface area contributed by atoms with Crippen LogP contribution in [0.15, 0.2) is 29.4 Å². The second-order valence-corrected chi connectivity index (χ2v) is 6.69. The minimum Gasteiger partial charge on any atom is -0.295 e. The second kappa shape index (κ2) is 9.94. The first-order valence-electron chi connectivity index (χ1n) is 8.67. The van der Waals surface area contributed by atoms with Crippen LogP contribution in [0.3, 0.4) is 0 Å². The fourth-order valence-corrected chi connectivity index (χ4v) is 2.93. The summed E-state index contributed by atoms with van der Waals surface area (Å²) < 4.78 is 0. The monoisotopic (exact) mass is 290 g/mol. The van der Waals surface area contributed by atoms with E-state index >= 15 is 0 Å². The van der Waals surface area contributed by atoms with Gasteiger partial charge in [0.05, 0.1) is 5.71 Å². The van der Waals surface area contributed by atoms with Gasteiger partial charge in [0.2, 0.25) is 0 Å². The molecule has 0 aromatic heterocycles. The molecule has 0 aliphatic carbocycles. The molecule has 0 radical (unpaired) electrons. The van der Waals surface area contributed by atoms with Crippen molar-refractivity contribution in [3.05, 3.63) is 24.4 Å². The third kappa shape index (κ3) is 6.60. The maximum absolute atomic E-state index is 4.60. The SMILES string of the molecule is CCC[C@@H](CCCC(C)C)N(C)C(C)C1=NC=CCC=C1. The minimum atomic E-state index is 0.389. The van der Waals surface area contributed by atoms with Crippen molar-refractivity contribution < 1.29 is 0 Å². The molecular weight excluding hydrogens is 256 g/mol. The van der Waals surface area contributed by atoms with E-state index < -0.39 is 0 Å². The molecule has 0 aromatic carbocycles. The highest BCUT2D eigenvalue weighted by Gasteiger charge is 2.21. The zero-order valence-corrected chi connectivity index (χ0v) is 14.7. The van der Waals surface area contributed by atoms with Crippen LogP contribution in [0.4, 0.5) is 0 Å². The van der Waals surface area contributed by atoms with Gasteiger partial charge >= 0.3 is 0 Å². The summed E-state index contributed by atoms with van der Waals surface area (Å²) in [6.45, 7) is 9.21. The highest BCUT2D eigenvalue weighted by atomic mass is 15.2. The second-order valence-electron chi connectivity index (χ2n) is 6.69. The summed E-state index contributed by atoms with van der Waals surface area (Å²) in [5.74, 6) is 0.814. The number of allylic oxidation sites excluding steroid dienone is 2. The van der Waals surface area contributed by atoms with Crippen molar-refractivity contribution in [1.29, 1.82) is 0 Å². The average Bonchev–Trinajstić information content (AvgIpc) is 2.73. The topological polar surface area (TPSA) is 15.6 Å². The Morgan fingerprint density at radius 3 is 2.57 bits per heavy atom. The van der Waals surface area contributed by atoms with Crippen molar-refractivity contribution >= 4 is 5.71 Å². The van der Waals surface area contributed by atoms with E-state index in [2.05, 4.69) is 62.9 Å². The Labute approximate surface area is 132 Å². The number of hydrogen-bond donors (Lipinski definition) is 0.